The van der Waals surface area contributed by atoms with Gasteiger partial charge in [-0.25, -0.2) is 0 Å². The Morgan fingerprint density at radius 3 is 2.68 bits per heavy atom. The summed E-state index contributed by atoms with van der Waals surface area (Å²) in [5.41, 5.74) is 0.606. The molecule has 0 unspecified atom stereocenters. The summed E-state index contributed by atoms with van der Waals surface area (Å²) in [5.74, 6) is 0.621. The van der Waals surface area contributed by atoms with Crippen LogP contribution in [0.4, 0.5) is 0 Å². The van der Waals surface area contributed by atoms with E-state index in [1.165, 1.54) is 0 Å². The Kier molecular flexibility index (Phi) is 6.87. The maximum Gasteiger partial charge on any atom is 0.251 e. The van der Waals surface area contributed by atoms with Crippen molar-refractivity contribution in [1.82, 2.24) is 10.6 Å². The van der Waals surface area contributed by atoms with Gasteiger partial charge >= 0.3 is 0 Å². The number of ether oxygens (including phenoxy) is 1. The number of rotatable bonds is 7. The summed E-state index contributed by atoms with van der Waals surface area (Å²) in [7, 11) is 1.89. The van der Waals surface area contributed by atoms with Crippen LogP contribution < -0.4 is 15.4 Å². The lowest BCUT2D eigenvalue weighted by atomic mass is 10.2. The van der Waals surface area contributed by atoms with Crippen LogP contribution in [-0.4, -0.2) is 32.1 Å². The predicted octanol–water partition coefficient (Wildman–Crippen LogP) is 2.58. The van der Waals surface area contributed by atoms with E-state index < -0.39 is 0 Å². The van der Waals surface area contributed by atoms with E-state index in [9.17, 15) is 4.79 Å². The fraction of sp³-hybridized carbons (Fsp3) is 0.500. The molecule has 0 bridgehead atoms. The molecule has 0 aromatic heterocycles. The highest BCUT2D eigenvalue weighted by Crippen LogP contribution is 2.22. The van der Waals surface area contributed by atoms with Crippen molar-refractivity contribution < 1.29 is 9.53 Å². The molecule has 0 saturated heterocycles. The second-order valence-electron chi connectivity index (χ2n) is 4.56. The van der Waals surface area contributed by atoms with E-state index in [4.69, 9.17) is 4.74 Å². The Morgan fingerprint density at radius 1 is 1.32 bits per heavy atom. The minimum absolute atomic E-state index is 0.0778. The van der Waals surface area contributed by atoms with Crippen molar-refractivity contribution in [1.29, 1.82) is 0 Å². The van der Waals surface area contributed by atoms with Gasteiger partial charge in [0.05, 0.1) is 6.10 Å². The molecule has 2 N–H and O–H groups in total. The number of hydrogen-bond donors (Lipinski definition) is 2. The summed E-state index contributed by atoms with van der Waals surface area (Å²) in [4.78, 5) is 12.0. The summed E-state index contributed by atoms with van der Waals surface area (Å²) in [6.45, 7) is 5.46. The molecule has 19 heavy (non-hydrogen) atoms. The number of halogens is 1. The lowest BCUT2D eigenvalue weighted by Crippen LogP contribution is -2.26. The first-order chi connectivity index (χ1) is 9.02. The van der Waals surface area contributed by atoms with Crippen molar-refractivity contribution >= 4 is 21.8 Å². The Labute approximate surface area is 123 Å². The summed E-state index contributed by atoms with van der Waals surface area (Å²) in [6.07, 6.45) is 0.992. The second-order valence-corrected chi connectivity index (χ2v) is 5.47. The lowest BCUT2D eigenvalue weighted by Gasteiger charge is -2.12. The molecule has 1 amide bonds. The quantitative estimate of drug-likeness (QED) is 0.756. The molecular formula is C14H21BrN2O2. The third-order valence-electron chi connectivity index (χ3n) is 2.39. The van der Waals surface area contributed by atoms with Crippen molar-refractivity contribution in [2.75, 3.05) is 20.1 Å². The number of carbonyl (C=O) groups is 1. The monoisotopic (exact) mass is 328 g/mol. The maximum atomic E-state index is 12.0. The molecule has 0 aliphatic heterocycles. The Hall–Kier alpha value is -1.07. The van der Waals surface area contributed by atoms with Gasteiger partial charge in [0.2, 0.25) is 0 Å². The molecule has 106 valence electrons. The van der Waals surface area contributed by atoms with Crippen LogP contribution in [0.5, 0.6) is 5.75 Å². The third-order valence-corrected chi connectivity index (χ3v) is 2.85. The molecule has 0 heterocycles. The van der Waals surface area contributed by atoms with Gasteiger partial charge in [0.25, 0.3) is 5.91 Å². The number of benzene rings is 1. The van der Waals surface area contributed by atoms with E-state index in [0.717, 1.165) is 17.4 Å². The van der Waals surface area contributed by atoms with Crippen molar-refractivity contribution in [3.05, 3.63) is 28.2 Å². The van der Waals surface area contributed by atoms with Gasteiger partial charge in [0.1, 0.15) is 5.75 Å². The van der Waals surface area contributed by atoms with E-state index in [0.29, 0.717) is 17.9 Å². The number of carbonyl (C=O) groups excluding carboxylic acids is 1. The summed E-state index contributed by atoms with van der Waals surface area (Å²) < 4.78 is 6.45. The first-order valence-corrected chi connectivity index (χ1v) is 7.22. The third kappa shape index (κ3) is 6.07. The largest absolute Gasteiger partial charge is 0.491 e. The summed E-state index contributed by atoms with van der Waals surface area (Å²) in [5, 5.41) is 5.93. The normalized spacial score (nSPS) is 10.6. The zero-order chi connectivity index (χ0) is 14.3. The van der Waals surface area contributed by atoms with Gasteiger partial charge in [0, 0.05) is 16.6 Å². The van der Waals surface area contributed by atoms with E-state index in [-0.39, 0.29) is 12.0 Å². The molecule has 1 aromatic carbocycles. The molecule has 0 atom stereocenters. The summed E-state index contributed by atoms with van der Waals surface area (Å²) in [6, 6.07) is 5.41. The maximum absolute atomic E-state index is 12.0. The van der Waals surface area contributed by atoms with Crippen LogP contribution in [0.25, 0.3) is 0 Å². The molecule has 0 aliphatic carbocycles. The smallest absolute Gasteiger partial charge is 0.251 e. The van der Waals surface area contributed by atoms with E-state index >= 15 is 0 Å². The standard InChI is InChI=1S/C14H21BrN2O2/c1-10(2)19-13-8-11(7-12(15)9-13)14(18)17-6-4-5-16-3/h7-10,16H,4-6H2,1-3H3,(H,17,18). The molecule has 0 aliphatic rings. The Bertz CT molecular complexity index is 422. The zero-order valence-corrected chi connectivity index (χ0v) is 13.2. The SMILES string of the molecule is CNCCCNC(=O)c1cc(Br)cc(OC(C)C)c1. The first-order valence-electron chi connectivity index (χ1n) is 6.43. The molecule has 4 nitrogen and oxygen atoms in total. The van der Waals surface area contributed by atoms with Crippen LogP contribution in [0.15, 0.2) is 22.7 Å². The average molecular weight is 329 g/mol. The van der Waals surface area contributed by atoms with Crippen LogP contribution >= 0.6 is 15.9 Å². The minimum atomic E-state index is -0.0778. The molecule has 0 radical (unpaired) electrons. The second kappa shape index (κ2) is 8.17. The Balaban J connectivity index is 2.65. The molecule has 0 fully saturated rings. The first kappa shape index (κ1) is 16.0. The minimum Gasteiger partial charge on any atom is -0.491 e. The molecule has 1 rings (SSSR count). The highest BCUT2D eigenvalue weighted by atomic mass is 79.9. The molecule has 1 aromatic rings. The fourth-order valence-electron chi connectivity index (χ4n) is 1.60. The lowest BCUT2D eigenvalue weighted by molar-refractivity contribution is 0.0952. The van der Waals surface area contributed by atoms with Crippen LogP contribution in [0, 0.1) is 0 Å². The van der Waals surface area contributed by atoms with Crippen LogP contribution in [-0.2, 0) is 0 Å². The van der Waals surface area contributed by atoms with Crippen molar-refractivity contribution in [2.45, 2.75) is 26.4 Å². The van der Waals surface area contributed by atoms with E-state index in [1.807, 2.05) is 27.0 Å². The predicted molar refractivity (Wildman–Crippen MR) is 80.8 cm³/mol. The molecule has 5 heteroatoms. The fourth-order valence-corrected chi connectivity index (χ4v) is 2.08. The number of amides is 1. The van der Waals surface area contributed by atoms with Gasteiger partial charge in [-0.3, -0.25) is 4.79 Å². The van der Waals surface area contributed by atoms with E-state index in [2.05, 4.69) is 26.6 Å². The van der Waals surface area contributed by atoms with Gasteiger partial charge in [-0.05, 0) is 52.1 Å². The van der Waals surface area contributed by atoms with Gasteiger partial charge in [0.15, 0.2) is 0 Å². The van der Waals surface area contributed by atoms with Crippen molar-refractivity contribution in [3.63, 3.8) is 0 Å². The van der Waals surface area contributed by atoms with Crippen molar-refractivity contribution in [2.24, 2.45) is 0 Å². The Morgan fingerprint density at radius 2 is 2.05 bits per heavy atom. The van der Waals surface area contributed by atoms with E-state index in [1.54, 1.807) is 12.1 Å². The highest BCUT2D eigenvalue weighted by molar-refractivity contribution is 9.10. The summed E-state index contributed by atoms with van der Waals surface area (Å²) >= 11 is 3.39. The van der Waals surface area contributed by atoms with Crippen LogP contribution in [0.3, 0.4) is 0 Å². The zero-order valence-electron chi connectivity index (χ0n) is 11.6. The molecule has 0 saturated carbocycles. The van der Waals surface area contributed by atoms with Crippen LogP contribution in [0.1, 0.15) is 30.6 Å². The molecule has 0 spiro atoms. The highest BCUT2D eigenvalue weighted by Gasteiger charge is 2.09. The topological polar surface area (TPSA) is 50.4 Å². The van der Waals surface area contributed by atoms with Gasteiger partial charge in [-0.2, -0.15) is 0 Å². The van der Waals surface area contributed by atoms with Crippen LogP contribution in [0.2, 0.25) is 0 Å². The van der Waals surface area contributed by atoms with Crippen molar-refractivity contribution in [3.8, 4) is 5.75 Å². The molecular weight excluding hydrogens is 308 g/mol. The average Bonchev–Trinajstić information content (AvgIpc) is 2.32. The van der Waals surface area contributed by atoms with Gasteiger partial charge in [-0.15, -0.1) is 0 Å². The van der Waals surface area contributed by atoms with Gasteiger partial charge < -0.3 is 15.4 Å². The van der Waals surface area contributed by atoms with Gasteiger partial charge in [-0.1, -0.05) is 15.9 Å². The number of hydrogen-bond acceptors (Lipinski definition) is 3. The number of nitrogens with one attached hydrogen (secondary N) is 2.